The topological polar surface area (TPSA) is 48.6 Å². The van der Waals surface area contributed by atoms with Gasteiger partial charge in [0.2, 0.25) is 0 Å². The smallest absolute Gasteiger partial charge is 0.183 e. The zero-order chi connectivity index (χ0) is 13.1. The quantitative estimate of drug-likeness (QED) is 0.408. The highest BCUT2D eigenvalue weighted by Crippen LogP contribution is 2.20. The molecule has 0 bridgehead atoms. The van der Waals surface area contributed by atoms with Crippen LogP contribution in [0.1, 0.15) is 46.5 Å². The summed E-state index contributed by atoms with van der Waals surface area (Å²) in [4.78, 5) is 8.24. The Balaban J connectivity index is 0.000000770. The minimum atomic E-state index is 0.382. The van der Waals surface area contributed by atoms with Gasteiger partial charge in [0.05, 0.1) is 25.7 Å². The lowest BCUT2D eigenvalue weighted by molar-refractivity contribution is -0.935. The second-order valence-electron chi connectivity index (χ2n) is 5.01. The highest BCUT2D eigenvalue weighted by atomic mass is 16.5. The number of nitrogens with zero attached hydrogens (tertiary/aromatic N) is 2. The Morgan fingerprint density at radius 2 is 1.88 bits per heavy atom. The molecule has 0 saturated carbocycles. The van der Waals surface area contributed by atoms with Crippen molar-refractivity contribution in [3.05, 3.63) is 5.41 Å². The number of unbranched alkanes of at least 4 members (excludes halogenated alkanes) is 1. The van der Waals surface area contributed by atoms with E-state index in [2.05, 4.69) is 20.8 Å². The number of carbonyl (C=O) groups excluding carboxylic acids is 1. The first-order chi connectivity index (χ1) is 8.10. The first-order valence-electron chi connectivity index (χ1n) is 6.58. The van der Waals surface area contributed by atoms with Crippen molar-refractivity contribution in [3.63, 3.8) is 0 Å². The van der Waals surface area contributed by atoms with Gasteiger partial charge in [0, 0.05) is 12.8 Å². The van der Waals surface area contributed by atoms with Crippen LogP contribution in [0.5, 0.6) is 0 Å². The van der Waals surface area contributed by atoms with Crippen molar-refractivity contribution < 1.29 is 14.0 Å². The minimum absolute atomic E-state index is 0.382. The van der Waals surface area contributed by atoms with Crippen molar-refractivity contribution in [2.45, 2.75) is 52.6 Å². The van der Waals surface area contributed by atoms with E-state index in [4.69, 9.17) is 14.9 Å². The Labute approximate surface area is 105 Å². The fourth-order valence-corrected chi connectivity index (χ4v) is 2.22. The maximum atomic E-state index is 8.24. The summed E-state index contributed by atoms with van der Waals surface area (Å²) in [6.07, 6.45) is 6.33. The third-order valence-corrected chi connectivity index (χ3v) is 3.18. The van der Waals surface area contributed by atoms with Crippen LogP contribution in [0.2, 0.25) is 0 Å². The summed E-state index contributed by atoms with van der Waals surface area (Å²) in [5.41, 5.74) is 0. The van der Waals surface area contributed by atoms with Gasteiger partial charge in [-0.3, -0.25) is 4.79 Å². The third-order valence-electron chi connectivity index (χ3n) is 3.18. The Hall–Kier alpha value is -0.700. The second kappa shape index (κ2) is 9.34. The second-order valence-corrected chi connectivity index (χ2v) is 5.01. The summed E-state index contributed by atoms with van der Waals surface area (Å²) in [5.74, 6) is 0. The molecular formula is C13H26N2O2. The first kappa shape index (κ1) is 16.3. The molecule has 0 unspecified atom stereocenters. The van der Waals surface area contributed by atoms with Gasteiger partial charge in [0.1, 0.15) is 0 Å². The van der Waals surface area contributed by atoms with Gasteiger partial charge in [0.15, 0.2) is 6.73 Å². The van der Waals surface area contributed by atoms with E-state index in [0.29, 0.717) is 12.2 Å². The van der Waals surface area contributed by atoms with Crippen LogP contribution in [-0.4, -0.2) is 43.0 Å². The summed E-state index contributed by atoms with van der Waals surface area (Å²) in [5, 5.41) is 6.76. The van der Waals surface area contributed by atoms with E-state index in [-0.39, 0.29) is 0 Å². The van der Waals surface area contributed by atoms with E-state index in [9.17, 15) is 0 Å². The lowest BCUT2D eigenvalue weighted by Gasteiger charge is -2.34. The summed E-state index contributed by atoms with van der Waals surface area (Å²) in [7, 11) is 0. The van der Waals surface area contributed by atoms with Gasteiger partial charge in [-0.25, -0.2) is 0 Å². The third kappa shape index (κ3) is 7.27. The van der Waals surface area contributed by atoms with Gasteiger partial charge in [-0.1, -0.05) is 13.3 Å². The van der Waals surface area contributed by atoms with Gasteiger partial charge < -0.3 is 14.6 Å². The standard InChI is InChI=1S/C12H26NO.CNO/c1-4-5-8-13(9-6-7-10-13)11-14-12(2)3;2-1-3/h12H,4-11H2,1-3H3;/q+1;-1. The molecule has 0 aromatic rings. The summed E-state index contributed by atoms with van der Waals surface area (Å²) >= 11 is 0. The zero-order valence-electron chi connectivity index (χ0n) is 11.4. The summed E-state index contributed by atoms with van der Waals surface area (Å²) < 4.78 is 7.03. The predicted molar refractivity (Wildman–Crippen MR) is 69.1 cm³/mol. The van der Waals surface area contributed by atoms with Crippen molar-refractivity contribution in [1.82, 2.24) is 0 Å². The lowest BCUT2D eigenvalue weighted by Crippen LogP contribution is -2.48. The molecule has 17 heavy (non-hydrogen) atoms. The fourth-order valence-electron chi connectivity index (χ4n) is 2.22. The number of ether oxygens (including phenoxy) is 1. The molecule has 1 fully saturated rings. The van der Waals surface area contributed by atoms with Crippen molar-refractivity contribution in [2.75, 3.05) is 26.4 Å². The van der Waals surface area contributed by atoms with Crippen molar-refractivity contribution in [1.29, 1.82) is 0 Å². The molecular weight excluding hydrogens is 216 g/mol. The molecule has 1 heterocycles. The monoisotopic (exact) mass is 242 g/mol. The molecule has 0 radical (unpaired) electrons. The molecule has 4 heteroatoms. The van der Waals surface area contributed by atoms with Crippen molar-refractivity contribution >= 4 is 6.08 Å². The molecule has 1 rings (SSSR count). The van der Waals surface area contributed by atoms with Crippen LogP contribution in [0.25, 0.3) is 5.41 Å². The van der Waals surface area contributed by atoms with Crippen LogP contribution in [0.15, 0.2) is 0 Å². The molecule has 4 nitrogen and oxygen atoms in total. The Kier molecular flexibility index (Phi) is 8.96. The highest BCUT2D eigenvalue weighted by Gasteiger charge is 2.31. The average molecular weight is 242 g/mol. The maximum absolute atomic E-state index is 8.24. The number of hydrogen-bond acceptors (Lipinski definition) is 2. The van der Waals surface area contributed by atoms with Crippen molar-refractivity contribution in [3.8, 4) is 0 Å². The van der Waals surface area contributed by atoms with Crippen LogP contribution in [0.4, 0.5) is 0 Å². The molecule has 1 aliphatic heterocycles. The van der Waals surface area contributed by atoms with Crippen LogP contribution in [-0.2, 0) is 9.53 Å². The van der Waals surface area contributed by atoms with Gasteiger partial charge in [-0.2, -0.15) is 0 Å². The van der Waals surface area contributed by atoms with Crippen LogP contribution in [0.3, 0.4) is 0 Å². The molecule has 0 aromatic carbocycles. The molecule has 0 amide bonds. The summed E-state index contributed by atoms with van der Waals surface area (Å²) in [6, 6.07) is 0. The number of likely N-dealkylation sites (tertiary alicyclic amines) is 1. The molecule has 0 aromatic heterocycles. The van der Waals surface area contributed by atoms with Crippen molar-refractivity contribution in [2.24, 2.45) is 0 Å². The van der Waals surface area contributed by atoms with E-state index in [1.54, 1.807) is 0 Å². The molecule has 100 valence electrons. The molecule has 0 aliphatic carbocycles. The van der Waals surface area contributed by atoms with Gasteiger partial charge in [-0.15, -0.1) is 0 Å². The van der Waals surface area contributed by atoms with E-state index >= 15 is 0 Å². The number of isocyanates is 1. The SMILES string of the molecule is CCCC[N+]1(COC(C)C)CCCC1.[N-]=C=O. The van der Waals surface area contributed by atoms with Gasteiger partial charge in [0.25, 0.3) is 0 Å². The van der Waals surface area contributed by atoms with Crippen LogP contribution in [0, 0.1) is 0 Å². The first-order valence-corrected chi connectivity index (χ1v) is 6.58. The number of quaternary nitrogens is 1. The molecule has 0 spiro atoms. The minimum Gasteiger partial charge on any atom is -0.724 e. The molecule has 0 atom stereocenters. The average Bonchev–Trinajstić information content (AvgIpc) is 2.74. The van der Waals surface area contributed by atoms with E-state index in [0.717, 1.165) is 6.73 Å². The Morgan fingerprint density at radius 3 is 2.29 bits per heavy atom. The van der Waals surface area contributed by atoms with Gasteiger partial charge in [-0.05, 0) is 26.3 Å². The molecule has 0 N–H and O–H groups in total. The highest BCUT2D eigenvalue weighted by molar-refractivity contribution is 5.36. The summed E-state index contributed by atoms with van der Waals surface area (Å²) in [6.45, 7) is 11.5. The number of hydrogen-bond donors (Lipinski definition) is 0. The maximum Gasteiger partial charge on any atom is 0.183 e. The van der Waals surface area contributed by atoms with E-state index < -0.39 is 0 Å². The Bertz CT molecular complexity index is 217. The largest absolute Gasteiger partial charge is 0.724 e. The van der Waals surface area contributed by atoms with E-state index in [1.807, 2.05) is 0 Å². The normalized spacial score (nSPS) is 17.4. The lowest BCUT2D eigenvalue weighted by atomic mass is 10.3. The van der Waals surface area contributed by atoms with E-state index in [1.165, 1.54) is 49.8 Å². The molecule has 1 aliphatic rings. The number of rotatable bonds is 6. The zero-order valence-corrected chi connectivity index (χ0v) is 11.4. The van der Waals surface area contributed by atoms with Crippen LogP contribution < -0.4 is 0 Å². The Morgan fingerprint density at radius 1 is 1.35 bits per heavy atom. The fraction of sp³-hybridized carbons (Fsp3) is 0.923. The van der Waals surface area contributed by atoms with Gasteiger partial charge >= 0.3 is 0 Å². The van der Waals surface area contributed by atoms with Crippen LogP contribution >= 0.6 is 0 Å². The molecule has 1 saturated heterocycles. The predicted octanol–water partition coefficient (Wildman–Crippen LogP) is 2.67.